The molecule has 1 saturated heterocycles. The second-order valence-corrected chi connectivity index (χ2v) is 14.4. The van der Waals surface area contributed by atoms with Gasteiger partial charge < -0.3 is 26.0 Å². The number of nitrogens with zero attached hydrogens (tertiary/aromatic N) is 2. The van der Waals surface area contributed by atoms with Crippen molar-refractivity contribution in [2.75, 3.05) is 26.2 Å². The Morgan fingerprint density at radius 3 is 2.02 bits per heavy atom. The van der Waals surface area contributed by atoms with E-state index < -0.39 is 11.4 Å². The van der Waals surface area contributed by atoms with Crippen LogP contribution in [-0.4, -0.2) is 59.2 Å². The summed E-state index contributed by atoms with van der Waals surface area (Å²) < 4.78 is 5.88. The molecule has 0 spiro atoms. The summed E-state index contributed by atoms with van der Waals surface area (Å²) in [6.07, 6.45) is 4.81. The molecule has 52 heavy (non-hydrogen) atoms. The Kier molecular flexibility index (Phi) is 23.8. The number of hydrogen-bond acceptors (Lipinski definition) is 6. The number of piperidine rings is 1. The zero-order valence-electron chi connectivity index (χ0n) is 35.0. The summed E-state index contributed by atoms with van der Waals surface area (Å²) in [4.78, 5) is 41.3. The van der Waals surface area contributed by atoms with Crippen molar-refractivity contribution in [3.63, 3.8) is 0 Å². The molecule has 294 valence electrons. The molecule has 1 aliphatic heterocycles. The van der Waals surface area contributed by atoms with Crippen molar-refractivity contribution in [1.82, 2.24) is 9.80 Å². The van der Waals surface area contributed by atoms with E-state index in [9.17, 15) is 14.4 Å². The summed E-state index contributed by atoms with van der Waals surface area (Å²) in [6, 6.07) is 18.5. The standard InChI is InChI=1S/C36H52N2O3.C4H10N2O.2C2H6/c1-8-37(34(33-16-12-13-27(3)21-33)22-35(39)38-19-17-26(2)18-20-38)23-28(4)30(6)31(7)36(40)29(5)24-41-25-32-14-10-9-11-15-32;1-4(2,6)3(5)7;2*1-2/h9-16,21,23,26,29-31,34H,8,17-20,22,24-25H2,1-7H3;6H2,1-2H3,(H2,5,7);2*1-2H3/b28-23+;;;. The summed E-state index contributed by atoms with van der Waals surface area (Å²) in [5.41, 5.74) is 13.8. The molecule has 1 aliphatic rings. The number of Topliss-reactive ketones (excluding diaryl/α,β-unsaturated/α-hetero) is 1. The first-order valence-corrected chi connectivity index (χ1v) is 19.6. The Balaban J connectivity index is 0.00000208. The summed E-state index contributed by atoms with van der Waals surface area (Å²) in [6.45, 7) is 29.3. The zero-order chi connectivity index (χ0) is 40.0. The molecule has 8 nitrogen and oxygen atoms in total. The molecule has 4 N–H and O–H groups in total. The lowest BCUT2D eigenvalue weighted by Gasteiger charge is -2.35. The summed E-state index contributed by atoms with van der Waals surface area (Å²) in [7, 11) is 0. The van der Waals surface area contributed by atoms with Crippen LogP contribution in [0.2, 0.25) is 0 Å². The minimum Gasteiger partial charge on any atom is -0.376 e. The SMILES string of the molecule is CC.CC.CC(C)(N)C(N)=O.CCN(/C=C(\C)C(C)C(C)C(=O)C(C)COCc1ccccc1)C(CC(=O)N1CCC(C)CC1)c1cccc(C)c1. The number of likely N-dealkylation sites (tertiary alicyclic amines) is 1. The second-order valence-electron chi connectivity index (χ2n) is 14.4. The highest BCUT2D eigenvalue weighted by molar-refractivity contribution is 5.83. The number of allylic oxidation sites excluding steroid dienone is 1. The number of hydrogen-bond donors (Lipinski definition) is 2. The molecule has 4 unspecified atom stereocenters. The summed E-state index contributed by atoms with van der Waals surface area (Å²) >= 11 is 0. The zero-order valence-corrected chi connectivity index (χ0v) is 35.0. The monoisotopic (exact) mass is 723 g/mol. The average Bonchev–Trinajstić information content (AvgIpc) is 3.14. The smallest absolute Gasteiger partial charge is 0.236 e. The number of aryl methyl sites for hydroxylation is 1. The Morgan fingerprint density at radius 1 is 0.962 bits per heavy atom. The largest absolute Gasteiger partial charge is 0.376 e. The molecule has 0 aliphatic carbocycles. The maximum Gasteiger partial charge on any atom is 0.236 e. The van der Waals surface area contributed by atoms with Crippen LogP contribution >= 0.6 is 0 Å². The van der Waals surface area contributed by atoms with Crippen LogP contribution in [0.4, 0.5) is 0 Å². The van der Waals surface area contributed by atoms with Crippen molar-refractivity contribution in [3.8, 4) is 0 Å². The van der Waals surface area contributed by atoms with Crippen LogP contribution in [0.1, 0.15) is 125 Å². The maximum absolute atomic E-state index is 13.5. The van der Waals surface area contributed by atoms with E-state index in [2.05, 4.69) is 74.9 Å². The highest BCUT2D eigenvalue weighted by atomic mass is 16.5. The van der Waals surface area contributed by atoms with Crippen molar-refractivity contribution in [2.45, 2.75) is 127 Å². The fourth-order valence-corrected chi connectivity index (χ4v) is 5.74. The van der Waals surface area contributed by atoms with Crippen molar-refractivity contribution in [3.05, 3.63) is 83.1 Å². The number of benzene rings is 2. The molecule has 8 heteroatoms. The summed E-state index contributed by atoms with van der Waals surface area (Å²) in [5.74, 6) is 0.442. The molecule has 0 saturated carbocycles. The van der Waals surface area contributed by atoms with Gasteiger partial charge in [0, 0.05) is 31.5 Å². The second kappa shape index (κ2) is 25.5. The first kappa shape index (κ1) is 48.5. The van der Waals surface area contributed by atoms with Crippen molar-refractivity contribution in [1.29, 1.82) is 0 Å². The lowest BCUT2D eigenvalue weighted by atomic mass is 9.82. The average molecular weight is 723 g/mol. The van der Waals surface area contributed by atoms with Gasteiger partial charge in [-0.2, -0.15) is 0 Å². The fraction of sp³-hybridized carbons (Fsp3) is 0.614. The van der Waals surface area contributed by atoms with Crippen LogP contribution in [-0.2, 0) is 25.7 Å². The molecular weight excluding hydrogens is 649 g/mol. The molecule has 1 fully saturated rings. The van der Waals surface area contributed by atoms with E-state index in [4.69, 9.17) is 16.2 Å². The molecule has 2 aromatic rings. The number of carbonyl (C=O) groups is 3. The molecule has 2 amide bonds. The molecular formula is C44H74N4O4. The topological polar surface area (TPSA) is 119 Å². The number of ketones is 1. The fourth-order valence-electron chi connectivity index (χ4n) is 5.74. The number of ether oxygens (including phenoxy) is 1. The predicted octanol–water partition coefficient (Wildman–Crippen LogP) is 8.87. The number of rotatable bonds is 15. The third-order valence-electron chi connectivity index (χ3n) is 9.58. The first-order chi connectivity index (χ1) is 24.5. The Bertz CT molecular complexity index is 1330. The minimum atomic E-state index is -0.861. The van der Waals surface area contributed by atoms with Crippen LogP contribution in [0.25, 0.3) is 0 Å². The van der Waals surface area contributed by atoms with Gasteiger partial charge >= 0.3 is 0 Å². The van der Waals surface area contributed by atoms with Gasteiger partial charge in [0.05, 0.1) is 31.2 Å². The molecule has 4 atom stereocenters. The Morgan fingerprint density at radius 2 is 1.52 bits per heavy atom. The van der Waals surface area contributed by atoms with E-state index in [0.717, 1.165) is 49.2 Å². The molecule has 1 heterocycles. The van der Waals surface area contributed by atoms with Crippen LogP contribution in [0.3, 0.4) is 0 Å². The van der Waals surface area contributed by atoms with E-state index in [0.29, 0.717) is 25.6 Å². The van der Waals surface area contributed by atoms with Gasteiger partial charge in [0.15, 0.2) is 0 Å². The van der Waals surface area contributed by atoms with E-state index in [1.807, 2.05) is 71.9 Å². The molecule has 0 radical (unpaired) electrons. The van der Waals surface area contributed by atoms with Crippen molar-refractivity contribution in [2.24, 2.45) is 35.1 Å². The van der Waals surface area contributed by atoms with Gasteiger partial charge in [-0.05, 0) is 76.6 Å². The number of primary amides is 1. The van der Waals surface area contributed by atoms with E-state index in [-0.39, 0.29) is 35.5 Å². The lowest BCUT2D eigenvalue weighted by molar-refractivity contribution is -0.133. The van der Waals surface area contributed by atoms with E-state index in [1.165, 1.54) is 5.56 Å². The van der Waals surface area contributed by atoms with E-state index >= 15 is 0 Å². The molecule has 2 aromatic carbocycles. The van der Waals surface area contributed by atoms with Gasteiger partial charge in [0.1, 0.15) is 5.78 Å². The number of carbonyl (C=O) groups excluding carboxylic acids is 3. The highest BCUT2D eigenvalue weighted by Crippen LogP contribution is 2.31. The van der Waals surface area contributed by atoms with Gasteiger partial charge in [-0.25, -0.2) is 0 Å². The Hall–Kier alpha value is -3.49. The lowest BCUT2D eigenvalue weighted by Crippen LogP contribution is -2.46. The number of nitrogens with two attached hydrogens (primary N) is 2. The third kappa shape index (κ3) is 17.4. The summed E-state index contributed by atoms with van der Waals surface area (Å²) in [5, 5.41) is 0. The molecule has 0 bridgehead atoms. The van der Waals surface area contributed by atoms with Gasteiger partial charge in [-0.15, -0.1) is 0 Å². The van der Waals surface area contributed by atoms with Crippen LogP contribution in [0, 0.1) is 30.6 Å². The minimum absolute atomic E-state index is 0.0507. The van der Waals surface area contributed by atoms with Gasteiger partial charge in [-0.3, -0.25) is 14.4 Å². The van der Waals surface area contributed by atoms with Crippen LogP contribution in [0.15, 0.2) is 66.4 Å². The van der Waals surface area contributed by atoms with Crippen LogP contribution in [0.5, 0.6) is 0 Å². The predicted molar refractivity (Wildman–Crippen MR) is 218 cm³/mol. The van der Waals surface area contributed by atoms with Crippen molar-refractivity contribution >= 4 is 17.6 Å². The normalized spacial score (nSPS) is 15.6. The molecule has 0 aromatic heterocycles. The maximum atomic E-state index is 13.5. The van der Waals surface area contributed by atoms with Crippen molar-refractivity contribution < 1.29 is 19.1 Å². The number of amides is 2. The van der Waals surface area contributed by atoms with Gasteiger partial charge in [-0.1, -0.05) is 121 Å². The molecule has 3 rings (SSSR count). The first-order valence-electron chi connectivity index (χ1n) is 19.6. The third-order valence-corrected chi connectivity index (χ3v) is 9.58. The highest BCUT2D eigenvalue weighted by Gasteiger charge is 2.29. The van der Waals surface area contributed by atoms with E-state index in [1.54, 1.807) is 13.8 Å². The van der Waals surface area contributed by atoms with Gasteiger partial charge in [0.25, 0.3) is 0 Å². The Labute approximate surface area is 317 Å². The van der Waals surface area contributed by atoms with Crippen LogP contribution < -0.4 is 11.5 Å². The quantitative estimate of drug-likeness (QED) is 0.190. The van der Waals surface area contributed by atoms with Gasteiger partial charge in [0.2, 0.25) is 11.8 Å².